The van der Waals surface area contributed by atoms with Gasteiger partial charge in [0.2, 0.25) is 0 Å². The minimum absolute atomic E-state index is 0.0967. The molecule has 128 valence electrons. The molecule has 3 aromatic carbocycles. The summed E-state index contributed by atoms with van der Waals surface area (Å²) in [6.07, 6.45) is 2.30. The first-order chi connectivity index (χ1) is 12.1. The van der Waals surface area contributed by atoms with Crippen molar-refractivity contribution >= 4 is 0 Å². The molecule has 0 saturated carbocycles. The first-order valence-corrected chi connectivity index (χ1v) is 9.31. The van der Waals surface area contributed by atoms with Gasteiger partial charge in [-0.15, -0.1) is 0 Å². The number of benzene rings is 3. The number of rotatable bonds is 6. The van der Waals surface area contributed by atoms with Crippen molar-refractivity contribution in [1.29, 1.82) is 0 Å². The van der Waals surface area contributed by atoms with Crippen LogP contribution in [-0.2, 0) is 5.41 Å². The number of aryl methyl sites for hydroxylation is 1. The van der Waals surface area contributed by atoms with Crippen molar-refractivity contribution in [3.8, 4) is 0 Å². The van der Waals surface area contributed by atoms with Crippen LogP contribution in [0.15, 0.2) is 84.9 Å². The van der Waals surface area contributed by atoms with Gasteiger partial charge in [0.05, 0.1) is 0 Å². The third kappa shape index (κ3) is 3.69. The van der Waals surface area contributed by atoms with Gasteiger partial charge in [0.1, 0.15) is 0 Å². The second-order valence-corrected chi connectivity index (χ2v) is 7.44. The van der Waals surface area contributed by atoms with Crippen LogP contribution in [0.2, 0.25) is 0 Å². The minimum Gasteiger partial charge on any atom is -0.0628 e. The molecule has 0 unspecified atom stereocenters. The first kappa shape index (κ1) is 17.5. The van der Waals surface area contributed by atoms with Crippen molar-refractivity contribution in [3.63, 3.8) is 0 Å². The molecule has 0 amide bonds. The SMILES string of the molecule is Cc1ccc(C(CCC(C)C)(c2ccccc2)c2ccccc2)cc1. The Labute approximate surface area is 152 Å². The molecule has 25 heavy (non-hydrogen) atoms. The molecule has 0 spiro atoms. The monoisotopic (exact) mass is 328 g/mol. The predicted octanol–water partition coefficient (Wildman–Crippen LogP) is 6.77. The molecule has 0 aromatic heterocycles. The third-order valence-corrected chi connectivity index (χ3v) is 5.17. The smallest absolute Gasteiger partial charge is 0.0451 e. The van der Waals surface area contributed by atoms with Crippen LogP contribution in [0.25, 0.3) is 0 Å². The molecule has 0 nitrogen and oxygen atoms in total. The molecule has 0 aliphatic carbocycles. The van der Waals surface area contributed by atoms with Gasteiger partial charge < -0.3 is 0 Å². The maximum atomic E-state index is 2.32. The molecule has 3 rings (SSSR count). The highest BCUT2D eigenvalue weighted by atomic mass is 14.4. The lowest BCUT2D eigenvalue weighted by Gasteiger charge is -2.37. The van der Waals surface area contributed by atoms with Gasteiger partial charge in [-0.25, -0.2) is 0 Å². The van der Waals surface area contributed by atoms with E-state index in [1.807, 2.05) is 0 Å². The average molecular weight is 328 g/mol. The number of hydrogen-bond donors (Lipinski definition) is 0. The summed E-state index contributed by atoms with van der Waals surface area (Å²) in [6, 6.07) is 31.1. The largest absolute Gasteiger partial charge is 0.0628 e. The number of hydrogen-bond acceptors (Lipinski definition) is 0. The normalized spacial score (nSPS) is 11.7. The second-order valence-electron chi connectivity index (χ2n) is 7.44. The highest BCUT2D eigenvalue weighted by Gasteiger charge is 2.35. The van der Waals surface area contributed by atoms with Crippen molar-refractivity contribution < 1.29 is 0 Å². The average Bonchev–Trinajstić information content (AvgIpc) is 2.65. The second kappa shape index (κ2) is 7.70. The molecule has 0 radical (unpaired) electrons. The quantitative estimate of drug-likeness (QED) is 0.438. The third-order valence-electron chi connectivity index (χ3n) is 5.17. The van der Waals surface area contributed by atoms with Crippen LogP contribution in [0.5, 0.6) is 0 Å². The van der Waals surface area contributed by atoms with E-state index in [1.165, 1.54) is 28.7 Å². The topological polar surface area (TPSA) is 0 Å². The van der Waals surface area contributed by atoms with Gasteiger partial charge in [-0.1, -0.05) is 104 Å². The summed E-state index contributed by atoms with van der Waals surface area (Å²) in [5.41, 5.74) is 5.36. The fourth-order valence-corrected chi connectivity index (χ4v) is 3.72. The van der Waals surface area contributed by atoms with E-state index in [0.717, 1.165) is 6.42 Å². The molecule has 0 heteroatoms. The maximum Gasteiger partial charge on any atom is 0.0451 e. The van der Waals surface area contributed by atoms with Gasteiger partial charge in [0.15, 0.2) is 0 Å². The fourth-order valence-electron chi connectivity index (χ4n) is 3.72. The van der Waals surface area contributed by atoms with Crippen LogP contribution in [0.1, 0.15) is 48.9 Å². The van der Waals surface area contributed by atoms with Gasteiger partial charge in [-0.05, 0) is 42.4 Å². The van der Waals surface area contributed by atoms with E-state index in [2.05, 4.69) is 106 Å². The Morgan fingerprint density at radius 2 is 1.08 bits per heavy atom. The van der Waals surface area contributed by atoms with Gasteiger partial charge in [0.25, 0.3) is 0 Å². The summed E-state index contributed by atoms with van der Waals surface area (Å²) in [7, 11) is 0. The summed E-state index contributed by atoms with van der Waals surface area (Å²) in [5, 5.41) is 0. The zero-order valence-corrected chi connectivity index (χ0v) is 15.6. The maximum absolute atomic E-state index is 2.32. The van der Waals surface area contributed by atoms with E-state index in [1.54, 1.807) is 0 Å². The molecule has 0 aliphatic heterocycles. The molecular weight excluding hydrogens is 300 g/mol. The summed E-state index contributed by atoms with van der Waals surface area (Å²) in [6.45, 7) is 6.79. The van der Waals surface area contributed by atoms with Gasteiger partial charge in [-0.3, -0.25) is 0 Å². The summed E-state index contributed by atoms with van der Waals surface area (Å²) in [5.74, 6) is 0.678. The Morgan fingerprint density at radius 1 is 0.640 bits per heavy atom. The van der Waals surface area contributed by atoms with Crippen LogP contribution >= 0.6 is 0 Å². The molecule has 0 aliphatic rings. The van der Waals surface area contributed by atoms with E-state index in [9.17, 15) is 0 Å². The van der Waals surface area contributed by atoms with E-state index in [-0.39, 0.29) is 5.41 Å². The highest BCUT2D eigenvalue weighted by molar-refractivity contribution is 5.50. The van der Waals surface area contributed by atoms with Crippen LogP contribution in [0, 0.1) is 12.8 Å². The van der Waals surface area contributed by atoms with E-state index in [4.69, 9.17) is 0 Å². The van der Waals surface area contributed by atoms with E-state index >= 15 is 0 Å². The lowest BCUT2D eigenvalue weighted by molar-refractivity contribution is 0.463. The van der Waals surface area contributed by atoms with Crippen molar-refractivity contribution in [2.75, 3.05) is 0 Å². The molecule has 0 fully saturated rings. The van der Waals surface area contributed by atoms with E-state index < -0.39 is 0 Å². The predicted molar refractivity (Wildman–Crippen MR) is 108 cm³/mol. The molecule has 3 aromatic rings. The molecule has 0 heterocycles. The van der Waals surface area contributed by atoms with Gasteiger partial charge >= 0.3 is 0 Å². The Hall–Kier alpha value is -2.34. The first-order valence-electron chi connectivity index (χ1n) is 9.31. The van der Waals surface area contributed by atoms with Crippen molar-refractivity contribution in [2.45, 2.75) is 39.0 Å². The zero-order valence-electron chi connectivity index (χ0n) is 15.6. The molecule has 0 N–H and O–H groups in total. The highest BCUT2D eigenvalue weighted by Crippen LogP contribution is 2.43. The zero-order chi connectivity index (χ0) is 17.7. The summed E-state index contributed by atoms with van der Waals surface area (Å²) < 4.78 is 0. The van der Waals surface area contributed by atoms with Crippen molar-refractivity contribution in [2.24, 2.45) is 5.92 Å². The van der Waals surface area contributed by atoms with Gasteiger partial charge in [-0.2, -0.15) is 0 Å². The summed E-state index contributed by atoms with van der Waals surface area (Å²) in [4.78, 5) is 0. The van der Waals surface area contributed by atoms with Gasteiger partial charge in [0, 0.05) is 5.41 Å². The van der Waals surface area contributed by atoms with E-state index in [0.29, 0.717) is 5.92 Å². The molecule has 0 bridgehead atoms. The Bertz CT molecular complexity index is 728. The van der Waals surface area contributed by atoms with Crippen LogP contribution in [0.4, 0.5) is 0 Å². The van der Waals surface area contributed by atoms with Crippen LogP contribution in [0.3, 0.4) is 0 Å². The van der Waals surface area contributed by atoms with Crippen LogP contribution < -0.4 is 0 Å². The van der Waals surface area contributed by atoms with Crippen molar-refractivity contribution in [1.82, 2.24) is 0 Å². The molecule has 0 atom stereocenters. The standard InChI is InChI=1S/C25H28/c1-20(2)18-19-25(22-10-6-4-7-11-22,23-12-8-5-9-13-23)24-16-14-21(3)15-17-24/h4-17,20H,18-19H2,1-3H3. The Kier molecular flexibility index (Phi) is 5.38. The molecule has 0 saturated heterocycles. The lowest BCUT2D eigenvalue weighted by Crippen LogP contribution is -2.30. The lowest BCUT2D eigenvalue weighted by atomic mass is 9.66. The minimum atomic E-state index is -0.0967. The van der Waals surface area contributed by atoms with Crippen LogP contribution in [-0.4, -0.2) is 0 Å². The fraction of sp³-hybridized carbons (Fsp3) is 0.280. The summed E-state index contributed by atoms with van der Waals surface area (Å²) >= 11 is 0. The Balaban J connectivity index is 2.25. The van der Waals surface area contributed by atoms with Crippen molar-refractivity contribution in [3.05, 3.63) is 107 Å². The molecular formula is C25H28. The Morgan fingerprint density at radius 3 is 1.52 bits per heavy atom.